The fourth-order valence-electron chi connectivity index (χ4n) is 2.50. The first-order chi connectivity index (χ1) is 11.7. The quantitative estimate of drug-likeness (QED) is 0.719. The van der Waals surface area contributed by atoms with Gasteiger partial charge in [-0.05, 0) is 30.5 Å². The highest BCUT2D eigenvalue weighted by molar-refractivity contribution is 7.19. The van der Waals surface area contributed by atoms with E-state index in [2.05, 4.69) is 10.3 Å². The van der Waals surface area contributed by atoms with Crippen LogP contribution in [-0.4, -0.2) is 17.4 Å². The van der Waals surface area contributed by atoms with Crippen LogP contribution < -0.4 is 11.1 Å². The number of aromatic nitrogens is 1. The summed E-state index contributed by atoms with van der Waals surface area (Å²) in [5, 5.41) is 3.74. The van der Waals surface area contributed by atoms with Gasteiger partial charge < -0.3 is 15.5 Å². The zero-order valence-electron chi connectivity index (χ0n) is 13.4. The van der Waals surface area contributed by atoms with Gasteiger partial charge in [-0.15, -0.1) is 11.3 Å². The Labute approximate surface area is 144 Å². The zero-order valence-corrected chi connectivity index (χ0v) is 14.2. The van der Waals surface area contributed by atoms with Gasteiger partial charge in [0.15, 0.2) is 0 Å². The molecule has 1 aromatic carbocycles. The van der Waals surface area contributed by atoms with Crippen molar-refractivity contribution in [2.75, 3.05) is 11.9 Å². The maximum absolute atomic E-state index is 12.5. The number of rotatable bonds is 6. The number of carbonyl (C=O) groups excluding carboxylic acids is 1. The van der Waals surface area contributed by atoms with E-state index in [-0.39, 0.29) is 11.8 Å². The summed E-state index contributed by atoms with van der Waals surface area (Å²) in [4.78, 5) is 17.6. The van der Waals surface area contributed by atoms with E-state index in [1.807, 2.05) is 43.3 Å². The molecule has 0 aliphatic rings. The lowest BCUT2D eigenvalue weighted by molar-refractivity contribution is -0.119. The van der Waals surface area contributed by atoms with Crippen LogP contribution in [0.4, 0.5) is 5.00 Å². The fraction of sp³-hybridized carbons (Fsp3) is 0.222. The molecule has 3 N–H and O–H groups in total. The molecule has 2 aromatic heterocycles. The number of aryl methyl sites for hydroxylation is 1. The number of anilines is 1. The number of oxazole rings is 1. The van der Waals surface area contributed by atoms with Crippen molar-refractivity contribution in [2.24, 2.45) is 11.7 Å². The number of amides is 1. The molecular formula is C18H19N3O2S. The predicted molar refractivity (Wildman–Crippen MR) is 95.9 cm³/mol. The van der Waals surface area contributed by atoms with Crippen molar-refractivity contribution in [1.82, 2.24) is 4.98 Å². The van der Waals surface area contributed by atoms with Gasteiger partial charge in [0.2, 0.25) is 11.8 Å². The summed E-state index contributed by atoms with van der Waals surface area (Å²) in [6, 6.07) is 11.8. The van der Waals surface area contributed by atoms with Crippen molar-refractivity contribution < 1.29 is 9.21 Å². The number of thiophene rings is 1. The van der Waals surface area contributed by atoms with Gasteiger partial charge in [0.25, 0.3) is 0 Å². The smallest absolute Gasteiger partial charge is 0.236 e. The Bertz CT molecular complexity index is 797. The average molecular weight is 341 g/mol. The van der Waals surface area contributed by atoms with Gasteiger partial charge in [-0.3, -0.25) is 4.79 Å². The highest BCUT2D eigenvalue weighted by Gasteiger charge is 2.19. The SMILES string of the molecule is Cc1cc(NC(=O)C(CN)Cc2ccccc2)sc1-c1ncco1. The first-order valence-electron chi connectivity index (χ1n) is 7.72. The zero-order chi connectivity index (χ0) is 16.9. The second-order valence-corrected chi connectivity index (χ2v) is 6.62. The lowest BCUT2D eigenvalue weighted by Gasteiger charge is -2.14. The summed E-state index contributed by atoms with van der Waals surface area (Å²) < 4.78 is 5.33. The van der Waals surface area contributed by atoms with E-state index in [1.54, 1.807) is 6.20 Å². The molecule has 1 unspecified atom stereocenters. The third kappa shape index (κ3) is 3.72. The topological polar surface area (TPSA) is 81.2 Å². The second kappa shape index (κ2) is 7.42. The van der Waals surface area contributed by atoms with Crippen LogP contribution in [0.1, 0.15) is 11.1 Å². The molecule has 1 amide bonds. The van der Waals surface area contributed by atoms with E-state index in [9.17, 15) is 4.79 Å². The van der Waals surface area contributed by atoms with Crippen LogP contribution in [0.2, 0.25) is 0 Å². The highest BCUT2D eigenvalue weighted by Crippen LogP contribution is 2.34. The molecule has 24 heavy (non-hydrogen) atoms. The summed E-state index contributed by atoms with van der Waals surface area (Å²) in [6.45, 7) is 2.27. The van der Waals surface area contributed by atoms with Crippen LogP contribution in [0.5, 0.6) is 0 Å². The summed E-state index contributed by atoms with van der Waals surface area (Å²) in [5.41, 5.74) is 7.93. The van der Waals surface area contributed by atoms with Gasteiger partial charge in [0.1, 0.15) is 6.26 Å². The summed E-state index contributed by atoms with van der Waals surface area (Å²) >= 11 is 1.45. The number of nitrogens with zero attached hydrogens (tertiary/aromatic N) is 1. The Morgan fingerprint density at radius 1 is 1.38 bits per heavy atom. The number of hydrogen-bond donors (Lipinski definition) is 2. The minimum atomic E-state index is -0.264. The highest BCUT2D eigenvalue weighted by atomic mass is 32.1. The third-order valence-electron chi connectivity index (χ3n) is 3.77. The normalized spacial score (nSPS) is 12.1. The van der Waals surface area contributed by atoms with Gasteiger partial charge >= 0.3 is 0 Å². The van der Waals surface area contributed by atoms with E-state index in [1.165, 1.54) is 17.6 Å². The lowest BCUT2D eigenvalue weighted by Crippen LogP contribution is -2.30. The molecule has 0 aliphatic heterocycles. The Hall–Kier alpha value is -2.44. The molecule has 5 nitrogen and oxygen atoms in total. The van der Waals surface area contributed by atoms with Crippen LogP contribution in [0, 0.1) is 12.8 Å². The van der Waals surface area contributed by atoms with Crippen molar-refractivity contribution >= 4 is 22.2 Å². The van der Waals surface area contributed by atoms with Gasteiger partial charge in [0, 0.05) is 6.54 Å². The van der Waals surface area contributed by atoms with Crippen molar-refractivity contribution in [1.29, 1.82) is 0 Å². The minimum absolute atomic E-state index is 0.0680. The number of nitrogens with one attached hydrogen (secondary N) is 1. The first kappa shape index (κ1) is 16.4. The van der Waals surface area contributed by atoms with E-state index < -0.39 is 0 Å². The molecule has 0 saturated heterocycles. The van der Waals surface area contributed by atoms with Crippen molar-refractivity contribution in [3.8, 4) is 10.8 Å². The molecule has 0 radical (unpaired) electrons. The largest absolute Gasteiger partial charge is 0.444 e. The third-order valence-corrected chi connectivity index (χ3v) is 4.91. The monoisotopic (exact) mass is 341 g/mol. The average Bonchev–Trinajstić information content (AvgIpc) is 3.23. The Morgan fingerprint density at radius 2 is 2.17 bits per heavy atom. The van der Waals surface area contributed by atoms with Crippen LogP contribution in [0.25, 0.3) is 10.8 Å². The van der Waals surface area contributed by atoms with Crippen molar-refractivity contribution in [3.05, 3.63) is 60.0 Å². The maximum atomic E-state index is 12.5. The molecule has 6 heteroatoms. The van der Waals surface area contributed by atoms with E-state index in [0.717, 1.165) is 21.0 Å². The Morgan fingerprint density at radius 3 is 2.83 bits per heavy atom. The molecule has 124 valence electrons. The van der Waals surface area contributed by atoms with Crippen molar-refractivity contribution in [3.63, 3.8) is 0 Å². The van der Waals surface area contributed by atoms with Gasteiger partial charge in [0.05, 0.1) is 22.0 Å². The molecule has 3 aromatic rings. The minimum Gasteiger partial charge on any atom is -0.444 e. The molecule has 1 atom stereocenters. The molecular weight excluding hydrogens is 322 g/mol. The summed E-state index contributed by atoms with van der Waals surface area (Å²) in [5.74, 6) is 0.235. The van der Waals surface area contributed by atoms with Crippen LogP contribution in [0.15, 0.2) is 53.3 Å². The molecule has 0 bridgehead atoms. The van der Waals surface area contributed by atoms with Gasteiger partial charge in [-0.25, -0.2) is 4.98 Å². The van der Waals surface area contributed by atoms with E-state index in [4.69, 9.17) is 10.2 Å². The number of carbonyl (C=O) groups is 1. The number of benzene rings is 1. The molecule has 0 fully saturated rings. The van der Waals surface area contributed by atoms with Crippen LogP contribution in [0.3, 0.4) is 0 Å². The van der Waals surface area contributed by atoms with Crippen LogP contribution >= 0.6 is 11.3 Å². The Balaban J connectivity index is 1.70. The maximum Gasteiger partial charge on any atom is 0.236 e. The number of hydrogen-bond acceptors (Lipinski definition) is 5. The van der Waals surface area contributed by atoms with E-state index in [0.29, 0.717) is 18.9 Å². The lowest BCUT2D eigenvalue weighted by atomic mass is 9.99. The summed E-state index contributed by atoms with van der Waals surface area (Å²) in [7, 11) is 0. The summed E-state index contributed by atoms with van der Waals surface area (Å²) in [6.07, 6.45) is 3.77. The first-order valence-corrected chi connectivity index (χ1v) is 8.54. The van der Waals surface area contributed by atoms with Crippen molar-refractivity contribution in [2.45, 2.75) is 13.3 Å². The molecule has 2 heterocycles. The standard InChI is InChI=1S/C18H19N3O2S/c1-12-9-15(24-16(12)18-20-7-8-23-18)21-17(22)14(11-19)10-13-5-3-2-4-6-13/h2-9,14H,10-11,19H2,1H3,(H,21,22). The molecule has 0 aliphatic carbocycles. The van der Waals surface area contributed by atoms with Gasteiger partial charge in [-0.1, -0.05) is 30.3 Å². The molecule has 0 spiro atoms. The van der Waals surface area contributed by atoms with Gasteiger partial charge in [-0.2, -0.15) is 0 Å². The Kier molecular flexibility index (Phi) is 5.08. The second-order valence-electron chi connectivity index (χ2n) is 5.57. The van der Waals surface area contributed by atoms with Crippen LogP contribution in [-0.2, 0) is 11.2 Å². The van der Waals surface area contributed by atoms with E-state index >= 15 is 0 Å². The predicted octanol–water partition coefficient (Wildman–Crippen LogP) is 3.47. The molecule has 3 rings (SSSR count). The fourth-order valence-corrected chi connectivity index (χ4v) is 3.51. The number of nitrogens with two attached hydrogens (primary N) is 1. The molecule has 0 saturated carbocycles.